The van der Waals surface area contributed by atoms with Gasteiger partial charge in [0.05, 0.1) is 22.1 Å². The van der Waals surface area contributed by atoms with E-state index in [-0.39, 0.29) is 10.9 Å². The summed E-state index contributed by atoms with van der Waals surface area (Å²) in [4.78, 5) is 15.7. The van der Waals surface area contributed by atoms with E-state index in [1.165, 1.54) is 3.97 Å². The molecule has 1 saturated heterocycles. The van der Waals surface area contributed by atoms with Gasteiger partial charge in [-0.15, -0.1) is 0 Å². The predicted octanol–water partition coefficient (Wildman–Crippen LogP) is 2.32. The number of benzene rings is 2. The van der Waals surface area contributed by atoms with Crippen LogP contribution in [0.4, 0.5) is 0 Å². The third-order valence-electron chi connectivity index (χ3n) is 5.08. The summed E-state index contributed by atoms with van der Waals surface area (Å²) in [6.45, 7) is 1.91. The van der Waals surface area contributed by atoms with Gasteiger partial charge in [-0.3, -0.25) is 4.79 Å². The van der Waals surface area contributed by atoms with Gasteiger partial charge in [0, 0.05) is 25.0 Å². The van der Waals surface area contributed by atoms with Gasteiger partial charge in [-0.1, -0.05) is 36.4 Å². The number of fused-ring (bicyclic) bond motifs is 1. The van der Waals surface area contributed by atoms with E-state index in [1.54, 1.807) is 41.3 Å². The number of likely N-dealkylation sites (N-methyl/N-ethyl adjacent to an activating group) is 1. The average molecular weight is 383 g/mol. The summed E-state index contributed by atoms with van der Waals surface area (Å²) >= 11 is 0. The number of carbonyl (C=O) groups excluding carboxylic acids is 1. The standard InChI is InChI=1S/C20H21N3O3S/c1-21-11-12-22(15-24)20(14-21)19-13-16-7-5-6-10-18(16)23(19)27(25,26)17-8-3-2-4-9-17/h2-10,13,15,20H,11-12,14H2,1H3. The lowest BCUT2D eigenvalue weighted by molar-refractivity contribution is -0.122. The Balaban J connectivity index is 1.97. The van der Waals surface area contributed by atoms with Gasteiger partial charge >= 0.3 is 0 Å². The first-order valence-electron chi connectivity index (χ1n) is 8.83. The number of amides is 1. The number of para-hydroxylation sites is 1. The molecule has 27 heavy (non-hydrogen) atoms. The molecule has 0 saturated carbocycles. The van der Waals surface area contributed by atoms with Crippen LogP contribution in [0.5, 0.6) is 0 Å². The van der Waals surface area contributed by atoms with Gasteiger partial charge in [-0.2, -0.15) is 0 Å². The largest absolute Gasteiger partial charge is 0.334 e. The van der Waals surface area contributed by atoms with Gasteiger partial charge < -0.3 is 9.80 Å². The first-order valence-corrected chi connectivity index (χ1v) is 10.3. The lowest BCUT2D eigenvalue weighted by Gasteiger charge is -2.38. The van der Waals surface area contributed by atoms with Crippen LogP contribution in [0.2, 0.25) is 0 Å². The third kappa shape index (κ3) is 3.02. The Morgan fingerprint density at radius 1 is 1.00 bits per heavy atom. The Kier molecular flexibility index (Phi) is 4.49. The fourth-order valence-corrected chi connectivity index (χ4v) is 5.26. The van der Waals surface area contributed by atoms with Crippen LogP contribution in [0.1, 0.15) is 11.7 Å². The van der Waals surface area contributed by atoms with Crippen LogP contribution in [0, 0.1) is 0 Å². The van der Waals surface area contributed by atoms with Gasteiger partial charge in [0.25, 0.3) is 10.0 Å². The summed E-state index contributed by atoms with van der Waals surface area (Å²) in [5.41, 5.74) is 1.23. The van der Waals surface area contributed by atoms with Crippen LogP contribution >= 0.6 is 0 Å². The Labute approximate surface area is 158 Å². The number of hydrogen-bond acceptors (Lipinski definition) is 4. The minimum absolute atomic E-state index is 0.231. The second kappa shape index (κ2) is 6.83. The molecule has 140 valence electrons. The molecule has 1 amide bonds. The molecule has 2 aromatic carbocycles. The van der Waals surface area contributed by atoms with Crippen molar-refractivity contribution < 1.29 is 13.2 Å². The van der Waals surface area contributed by atoms with Gasteiger partial charge in [-0.25, -0.2) is 12.4 Å². The Morgan fingerprint density at radius 3 is 2.44 bits per heavy atom. The van der Waals surface area contributed by atoms with Crippen LogP contribution in [-0.2, 0) is 14.8 Å². The van der Waals surface area contributed by atoms with E-state index in [2.05, 4.69) is 4.90 Å². The first kappa shape index (κ1) is 17.8. The van der Waals surface area contributed by atoms with Gasteiger partial charge in [0.1, 0.15) is 0 Å². The maximum atomic E-state index is 13.5. The van der Waals surface area contributed by atoms with Crippen LogP contribution < -0.4 is 0 Å². The van der Waals surface area contributed by atoms with E-state index in [0.29, 0.717) is 24.3 Å². The second-order valence-electron chi connectivity index (χ2n) is 6.83. The van der Waals surface area contributed by atoms with Gasteiger partial charge in [0.2, 0.25) is 6.41 Å². The van der Waals surface area contributed by atoms with Crippen LogP contribution in [0.15, 0.2) is 65.6 Å². The number of hydrogen-bond donors (Lipinski definition) is 0. The molecule has 3 aromatic rings. The lowest BCUT2D eigenvalue weighted by Crippen LogP contribution is -2.46. The molecule has 1 unspecified atom stereocenters. The quantitative estimate of drug-likeness (QED) is 0.649. The molecule has 1 aliphatic heterocycles. The molecule has 0 bridgehead atoms. The average Bonchev–Trinajstić information content (AvgIpc) is 3.09. The molecule has 1 atom stereocenters. The highest BCUT2D eigenvalue weighted by Crippen LogP contribution is 2.33. The van der Waals surface area contributed by atoms with Crippen LogP contribution in [0.25, 0.3) is 10.9 Å². The summed E-state index contributed by atoms with van der Waals surface area (Å²) in [7, 11) is -1.82. The zero-order valence-electron chi connectivity index (χ0n) is 15.0. The van der Waals surface area contributed by atoms with Crippen molar-refractivity contribution in [2.45, 2.75) is 10.9 Å². The first-order chi connectivity index (χ1) is 13.0. The van der Waals surface area contributed by atoms with E-state index in [1.807, 2.05) is 31.3 Å². The van der Waals surface area contributed by atoms with E-state index >= 15 is 0 Å². The molecule has 1 fully saturated rings. The summed E-state index contributed by atoms with van der Waals surface area (Å²) < 4.78 is 28.4. The zero-order valence-corrected chi connectivity index (χ0v) is 15.8. The highest BCUT2D eigenvalue weighted by molar-refractivity contribution is 7.90. The highest BCUT2D eigenvalue weighted by Gasteiger charge is 2.32. The maximum absolute atomic E-state index is 13.5. The number of rotatable bonds is 4. The van der Waals surface area contributed by atoms with Gasteiger partial charge in [0.15, 0.2) is 0 Å². The fraction of sp³-hybridized carbons (Fsp3) is 0.250. The molecule has 0 aliphatic carbocycles. The zero-order chi connectivity index (χ0) is 19.0. The van der Waals surface area contributed by atoms with Crippen LogP contribution in [-0.4, -0.2) is 55.3 Å². The topological polar surface area (TPSA) is 62.6 Å². The molecule has 0 spiro atoms. The molecular formula is C20H21N3O3S. The fourth-order valence-electron chi connectivity index (χ4n) is 3.67. The van der Waals surface area contributed by atoms with E-state index in [9.17, 15) is 13.2 Å². The minimum atomic E-state index is -3.80. The SMILES string of the molecule is CN1CCN(C=O)C(c2cc3ccccc3n2S(=O)(=O)c2ccccc2)C1. The Bertz CT molecular complexity index is 1080. The maximum Gasteiger partial charge on any atom is 0.268 e. The van der Waals surface area contributed by atoms with E-state index in [4.69, 9.17) is 0 Å². The number of carbonyl (C=O) groups is 1. The molecule has 0 radical (unpaired) electrons. The highest BCUT2D eigenvalue weighted by atomic mass is 32.2. The smallest absolute Gasteiger partial charge is 0.268 e. The number of nitrogens with zero attached hydrogens (tertiary/aromatic N) is 3. The number of aromatic nitrogens is 1. The van der Waals surface area contributed by atoms with Crippen LogP contribution in [0.3, 0.4) is 0 Å². The summed E-state index contributed by atoms with van der Waals surface area (Å²) in [6.07, 6.45) is 0.814. The van der Waals surface area contributed by atoms with Crippen molar-refractivity contribution in [2.24, 2.45) is 0 Å². The Morgan fingerprint density at radius 2 is 1.70 bits per heavy atom. The lowest BCUT2D eigenvalue weighted by atomic mass is 10.1. The second-order valence-corrected chi connectivity index (χ2v) is 8.62. The normalized spacial score (nSPS) is 18.7. The van der Waals surface area contributed by atoms with Crippen molar-refractivity contribution in [1.82, 2.24) is 13.8 Å². The third-order valence-corrected chi connectivity index (χ3v) is 6.83. The van der Waals surface area contributed by atoms with Crippen molar-refractivity contribution in [3.8, 4) is 0 Å². The van der Waals surface area contributed by atoms with Crippen molar-refractivity contribution in [3.05, 3.63) is 66.4 Å². The molecule has 1 aliphatic rings. The summed E-state index contributed by atoms with van der Waals surface area (Å²) in [5.74, 6) is 0. The molecular weight excluding hydrogens is 362 g/mol. The molecule has 7 heteroatoms. The van der Waals surface area contributed by atoms with Crippen molar-refractivity contribution in [1.29, 1.82) is 0 Å². The molecule has 4 rings (SSSR count). The Hall–Kier alpha value is -2.64. The summed E-state index contributed by atoms with van der Waals surface area (Å²) in [6, 6.07) is 17.4. The molecule has 2 heterocycles. The van der Waals surface area contributed by atoms with Crippen molar-refractivity contribution in [3.63, 3.8) is 0 Å². The van der Waals surface area contributed by atoms with Crippen molar-refractivity contribution >= 4 is 27.3 Å². The molecule has 1 aromatic heterocycles. The molecule has 0 N–H and O–H groups in total. The molecule has 6 nitrogen and oxygen atoms in total. The van der Waals surface area contributed by atoms with E-state index < -0.39 is 10.0 Å². The summed E-state index contributed by atoms with van der Waals surface area (Å²) in [5, 5.41) is 0.839. The monoisotopic (exact) mass is 383 g/mol. The number of piperazine rings is 1. The van der Waals surface area contributed by atoms with E-state index in [0.717, 1.165) is 18.3 Å². The van der Waals surface area contributed by atoms with Crippen molar-refractivity contribution in [2.75, 3.05) is 26.7 Å². The predicted molar refractivity (Wildman–Crippen MR) is 104 cm³/mol. The minimum Gasteiger partial charge on any atom is -0.334 e. The van der Waals surface area contributed by atoms with Gasteiger partial charge in [-0.05, 0) is 31.3 Å².